The zero-order chi connectivity index (χ0) is 16.9. The number of carbonyl (C=O) groups excluding carboxylic acids is 1. The van der Waals surface area contributed by atoms with Gasteiger partial charge in [0.05, 0.1) is 0 Å². The Morgan fingerprint density at radius 1 is 1.13 bits per heavy atom. The predicted octanol–water partition coefficient (Wildman–Crippen LogP) is 4.10. The number of benzene rings is 2. The van der Waals surface area contributed by atoms with Crippen LogP contribution in [0.3, 0.4) is 0 Å². The quantitative estimate of drug-likeness (QED) is 0.747. The molecule has 0 spiro atoms. The van der Waals surface area contributed by atoms with E-state index in [1.165, 1.54) is 5.56 Å². The molecule has 0 radical (unpaired) electrons. The minimum atomic E-state index is -0.285. The average Bonchev–Trinajstić information content (AvgIpc) is 2.48. The van der Waals surface area contributed by atoms with Crippen molar-refractivity contribution < 1.29 is 4.79 Å². The van der Waals surface area contributed by atoms with Gasteiger partial charge in [0.2, 0.25) is 5.91 Å². The molecule has 0 unspecified atom stereocenters. The van der Waals surface area contributed by atoms with Gasteiger partial charge in [-0.1, -0.05) is 46.3 Å². The van der Waals surface area contributed by atoms with Crippen molar-refractivity contribution in [2.45, 2.75) is 38.6 Å². The van der Waals surface area contributed by atoms with Crippen LogP contribution in [0.15, 0.2) is 53.0 Å². The number of nitrogens with one attached hydrogen (secondary N) is 1. The highest BCUT2D eigenvalue weighted by Crippen LogP contribution is 2.17. The first-order valence-corrected chi connectivity index (χ1v) is 8.54. The molecule has 0 bridgehead atoms. The van der Waals surface area contributed by atoms with E-state index in [4.69, 9.17) is 5.73 Å². The molecule has 23 heavy (non-hydrogen) atoms. The van der Waals surface area contributed by atoms with Gasteiger partial charge in [-0.15, -0.1) is 0 Å². The maximum absolute atomic E-state index is 12.2. The molecule has 0 heterocycles. The van der Waals surface area contributed by atoms with Crippen molar-refractivity contribution in [3.8, 4) is 0 Å². The second-order valence-electron chi connectivity index (χ2n) is 6.43. The largest absolute Gasteiger partial charge is 0.399 e. The van der Waals surface area contributed by atoms with Crippen LogP contribution in [0.5, 0.6) is 0 Å². The Balaban J connectivity index is 1.88. The smallest absolute Gasteiger partial charge is 0.220 e. The van der Waals surface area contributed by atoms with Gasteiger partial charge < -0.3 is 11.1 Å². The first-order chi connectivity index (χ1) is 10.9. The summed E-state index contributed by atoms with van der Waals surface area (Å²) in [7, 11) is 0. The molecule has 0 saturated heterocycles. The molecule has 122 valence electrons. The van der Waals surface area contributed by atoms with Crippen molar-refractivity contribution in [2.24, 2.45) is 0 Å². The molecule has 0 atom stereocenters. The number of amides is 1. The Morgan fingerprint density at radius 2 is 1.78 bits per heavy atom. The third-order valence-corrected chi connectivity index (χ3v) is 4.24. The number of rotatable bonds is 6. The SMILES string of the molecule is CC(C)(Cc1ccc(Br)cc1)NC(=O)CCc1ccccc1N. The van der Waals surface area contributed by atoms with Gasteiger partial charge in [-0.2, -0.15) is 0 Å². The lowest BCUT2D eigenvalue weighted by Crippen LogP contribution is -2.45. The number of hydrogen-bond acceptors (Lipinski definition) is 2. The monoisotopic (exact) mass is 374 g/mol. The number of anilines is 1. The fourth-order valence-corrected chi connectivity index (χ4v) is 2.87. The van der Waals surface area contributed by atoms with Gasteiger partial charge in [0.25, 0.3) is 0 Å². The van der Waals surface area contributed by atoms with Crippen LogP contribution in [-0.4, -0.2) is 11.4 Å². The van der Waals surface area contributed by atoms with Gasteiger partial charge in [0.1, 0.15) is 0 Å². The van der Waals surface area contributed by atoms with E-state index in [9.17, 15) is 4.79 Å². The van der Waals surface area contributed by atoms with Crippen LogP contribution in [0, 0.1) is 0 Å². The first-order valence-electron chi connectivity index (χ1n) is 7.74. The van der Waals surface area contributed by atoms with Crippen LogP contribution in [-0.2, 0) is 17.6 Å². The van der Waals surface area contributed by atoms with Gasteiger partial charge in [0, 0.05) is 22.1 Å². The van der Waals surface area contributed by atoms with Crippen LogP contribution in [0.2, 0.25) is 0 Å². The zero-order valence-corrected chi connectivity index (χ0v) is 15.2. The second-order valence-corrected chi connectivity index (χ2v) is 7.35. The molecular formula is C19H23BrN2O. The first kappa shape index (κ1) is 17.5. The summed E-state index contributed by atoms with van der Waals surface area (Å²) in [6.45, 7) is 4.09. The van der Waals surface area contributed by atoms with Crippen LogP contribution < -0.4 is 11.1 Å². The Bertz CT molecular complexity index is 665. The van der Waals surface area contributed by atoms with Gasteiger partial charge in [-0.05, 0) is 56.0 Å². The van der Waals surface area contributed by atoms with E-state index in [1.54, 1.807) is 0 Å². The minimum Gasteiger partial charge on any atom is -0.399 e. The van der Waals surface area contributed by atoms with Crippen molar-refractivity contribution in [2.75, 3.05) is 5.73 Å². The fourth-order valence-electron chi connectivity index (χ4n) is 2.61. The summed E-state index contributed by atoms with van der Waals surface area (Å²) in [6.07, 6.45) is 1.89. The van der Waals surface area contributed by atoms with E-state index in [-0.39, 0.29) is 11.4 Å². The van der Waals surface area contributed by atoms with E-state index < -0.39 is 0 Å². The van der Waals surface area contributed by atoms with Crippen molar-refractivity contribution in [3.05, 3.63) is 64.1 Å². The number of halogens is 1. The predicted molar refractivity (Wildman–Crippen MR) is 99.2 cm³/mol. The maximum Gasteiger partial charge on any atom is 0.220 e. The molecule has 2 aromatic carbocycles. The number of nitrogens with two attached hydrogens (primary N) is 1. The van der Waals surface area contributed by atoms with Crippen LogP contribution in [0.1, 0.15) is 31.4 Å². The summed E-state index contributed by atoms with van der Waals surface area (Å²) in [6, 6.07) is 15.9. The Kier molecular flexibility index (Phi) is 5.83. The van der Waals surface area contributed by atoms with E-state index in [2.05, 4.69) is 33.4 Å². The maximum atomic E-state index is 12.2. The van der Waals surface area contributed by atoms with Crippen molar-refractivity contribution in [3.63, 3.8) is 0 Å². The van der Waals surface area contributed by atoms with E-state index in [1.807, 2.05) is 50.2 Å². The lowest BCUT2D eigenvalue weighted by atomic mass is 9.94. The van der Waals surface area contributed by atoms with E-state index >= 15 is 0 Å². The number of para-hydroxylation sites is 1. The van der Waals surface area contributed by atoms with Gasteiger partial charge in [-0.3, -0.25) is 4.79 Å². The molecule has 0 fully saturated rings. The molecule has 2 aromatic rings. The molecule has 3 N–H and O–H groups in total. The molecule has 1 amide bonds. The van der Waals surface area contributed by atoms with Crippen LogP contribution >= 0.6 is 15.9 Å². The fraction of sp³-hybridized carbons (Fsp3) is 0.316. The standard InChI is InChI=1S/C19H23BrN2O/c1-19(2,13-14-7-10-16(20)11-8-14)22-18(23)12-9-15-5-3-4-6-17(15)21/h3-8,10-11H,9,12-13,21H2,1-2H3,(H,22,23). The highest BCUT2D eigenvalue weighted by atomic mass is 79.9. The van der Waals surface area contributed by atoms with Gasteiger partial charge in [0.15, 0.2) is 0 Å². The third-order valence-electron chi connectivity index (χ3n) is 3.71. The number of nitrogen functional groups attached to an aromatic ring is 1. The molecule has 4 heteroatoms. The molecule has 0 aliphatic heterocycles. The molecule has 0 aliphatic carbocycles. The van der Waals surface area contributed by atoms with Crippen LogP contribution in [0.4, 0.5) is 5.69 Å². The van der Waals surface area contributed by atoms with Crippen LogP contribution in [0.25, 0.3) is 0 Å². The molecule has 3 nitrogen and oxygen atoms in total. The average molecular weight is 375 g/mol. The molecule has 0 aliphatic rings. The molecule has 0 aromatic heterocycles. The zero-order valence-electron chi connectivity index (χ0n) is 13.6. The summed E-state index contributed by atoms with van der Waals surface area (Å²) in [4.78, 5) is 12.2. The van der Waals surface area contributed by atoms with Gasteiger partial charge >= 0.3 is 0 Å². The molecule has 2 rings (SSSR count). The summed E-state index contributed by atoms with van der Waals surface area (Å²) in [5, 5.41) is 3.12. The second kappa shape index (κ2) is 7.64. The lowest BCUT2D eigenvalue weighted by molar-refractivity contribution is -0.122. The summed E-state index contributed by atoms with van der Waals surface area (Å²) >= 11 is 3.43. The Hall–Kier alpha value is -1.81. The normalized spacial score (nSPS) is 11.3. The number of hydrogen-bond donors (Lipinski definition) is 2. The summed E-state index contributed by atoms with van der Waals surface area (Å²) in [5.41, 5.74) is 8.59. The van der Waals surface area contributed by atoms with E-state index in [0.29, 0.717) is 12.8 Å². The lowest BCUT2D eigenvalue weighted by Gasteiger charge is -2.26. The number of aryl methyl sites for hydroxylation is 1. The summed E-state index contributed by atoms with van der Waals surface area (Å²) in [5.74, 6) is 0.0513. The van der Waals surface area contributed by atoms with Crippen molar-refractivity contribution >= 4 is 27.5 Å². The summed E-state index contributed by atoms with van der Waals surface area (Å²) < 4.78 is 1.06. The third kappa shape index (κ3) is 5.71. The van der Waals surface area contributed by atoms with Gasteiger partial charge in [-0.25, -0.2) is 0 Å². The van der Waals surface area contributed by atoms with Crippen molar-refractivity contribution in [1.82, 2.24) is 5.32 Å². The van der Waals surface area contributed by atoms with E-state index in [0.717, 1.165) is 22.1 Å². The highest BCUT2D eigenvalue weighted by molar-refractivity contribution is 9.10. The Morgan fingerprint density at radius 3 is 2.43 bits per heavy atom. The number of carbonyl (C=O) groups is 1. The minimum absolute atomic E-state index is 0.0513. The highest BCUT2D eigenvalue weighted by Gasteiger charge is 2.20. The van der Waals surface area contributed by atoms with Crippen molar-refractivity contribution in [1.29, 1.82) is 0 Å². The Labute approximate surface area is 146 Å². The molecular weight excluding hydrogens is 352 g/mol. The topological polar surface area (TPSA) is 55.1 Å². The molecule has 0 saturated carbocycles.